The Morgan fingerprint density at radius 1 is 1.23 bits per heavy atom. The van der Waals surface area contributed by atoms with Gasteiger partial charge in [-0.3, -0.25) is 9.69 Å². The number of ether oxygens (including phenoxy) is 1. The molecule has 2 aliphatic rings. The molecule has 0 unspecified atom stereocenters. The lowest BCUT2D eigenvalue weighted by molar-refractivity contribution is -0.133. The Bertz CT molecular complexity index is 768. The van der Waals surface area contributed by atoms with Gasteiger partial charge in [0, 0.05) is 37.9 Å². The highest BCUT2D eigenvalue weighted by atomic mass is 16.5. The molecule has 0 N–H and O–H groups in total. The monoisotopic (exact) mass is 358 g/mol. The number of nitrogens with zero attached hydrogens (tertiary/aromatic N) is 4. The van der Waals surface area contributed by atoms with E-state index in [1.54, 1.807) is 6.20 Å². The number of carbonyl (C=O) groups excluding carboxylic acids is 1. The normalized spacial score (nSPS) is 23.8. The molecule has 2 bridgehead atoms. The summed E-state index contributed by atoms with van der Waals surface area (Å²) in [7, 11) is 0. The van der Waals surface area contributed by atoms with Crippen LogP contribution in [0.3, 0.4) is 0 Å². The van der Waals surface area contributed by atoms with E-state index in [1.807, 2.05) is 41.6 Å². The molecular weight excluding hydrogens is 332 g/mol. The average Bonchev–Trinajstić information content (AvgIpc) is 3.06. The summed E-state index contributed by atoms with van der Waals surface area (Å²) in [4.78, 5) is 21.5. The molecule has 140 valence electrons. The lowest BCUT2D eigenvalue weighted by atomic mass is 10.1. The fraction of sp³-hybridized carbons (Fsp3) is 0.579. The zero-order valence-electron chi connectivity index (χ0n) is 15.4. The second kappa shape index (κ2) is 7.25. The molecule has 0 saturated carbocycles. The van der Waals surface area contributed by atoms with E-state index in [2.05, 4.69) is 9.88 Å². The molecule has 2 atom stereocenters. The second-order valence-corrected chi connectivity index (χ2v) is 7.40. The summed E-state index contributed by atoms with van der Waals surface area (Å²) in [5.74, 6) is 3.25. The maximum atomic E-state index is 12.9. The van der Waals surface area contributed by atoms with Crippen LogP contribution < -0.4 is 0 Å². The predicted octanol–water partition coefficient (Wildman–Crippen LogP) is 1.45. The van der Waals surface area contributed by atoms with Crippen molar-refractivity contribution in [2.75, 3.05) is 32.8 Å². The molecule has 0 radical (unpaired) electrons. The lowest BCUT2D eigenvalue weighted by Crippen LogP contribution is -2.46. The van der Waals surface area contributed by atoms with Gasteiger partial charge >= 0.3 is 0 Å². The van der Waals surface area contributed by atoms with E-state index in [9.17, 15) is 4.79 Å². The van der Waals surface area contributed by atoms with Gasteiger partial charge in [0.2, 0.25) is 5.91 Å². The third-order valence-corrected chi connectivity index (χ3v) is 5.32. The Morgan fingerprint density at radius 3 is 2.85 bits per heavy atom. The summed E-state index contributed by atoms with van der Waals surface area (Å²) in [6.07, 6.45) is 3.60. The summed E-state index contributed by atoms with van der Waals surface area (Å²) in [5, 5.41) is 0. The van der Waals surface area contributed by atoms with E-state index in [4.69, 9.17) is 9.15 Å². The van der Waals surface area contributed by atoms with Crippen molar-refractivity contribution in [3.63, 3.8) is 0 Å². The Labute approximate surface area is 153 Å². The first-order valence-electron chi connectivity index (χ1n) is 9.21. The fourth-order valence-electron chi connectivity index (χ4n) is 3.91. The van der Waals surface area contributed by atoms with Gasteiger partial charge in [0.1, 0.15) is 23.9 Å². The molecule has 2 saturated heterocycles. The lowest BCUT2D eigenvalue weighted by Gasteiger charge is -2.31. The molecule has 2 aromatic rings. The van der Waals surface area contributed by atoms with E-state index >= 15 is 0 Å². The minimum absolute atomic E-state index is 0.152. The number of furan rings is 1. The molecule has 2 aliphatic heterocycles. The second-order valence-electron chi connectivity index (χ2n) is 7.40. The smallest absolute Gasteiger partial charge is 0.242 e. The van der Waals surface area contributed by atoms with E-state index < -0.39 is 0 Å². The minimum atomic E-state index is 0.152. The molecule has 26 heavy (non-hydrogen) atoms. The van der Waals surface area contributed by atoms with Crippen LogP contribution in [0.2, 0.25) is 0 Å². The maximum absolute atomic E-state index is 12.9. The SMILES string of the molecule is Cc1ccc(CN2C[C@H]3COC[C@@H]2CN(C(=O)Cn2ccnc2C)C3)o1. The number of hydrogen-bond acceptors (Lipinski definition) is 5. The van der Waals surface area contributed by atoms with E-state index in [-0.39, 0.29) is 11.9 Å². The first kappa shape index (κ1) is 17.3. The van der Waals surface area contributed by atoms with Crippen molar-refractivity contribution in [2.24, 2.45) is 5.92 Å². The molecular formula is C19H26N4O3. The first-order valence-corrected chi connectivity index (χ1v) is 9.21. The molecule has 0 aromatic carbocycles. The maximum Gasteiger partial charge on any atom is 0.242 e. The van der Waals surface area contributed by atoms with Crippen molar-refractivity contribution in [3.05, 3.63) is 41.9 Å². The summed E-state index contributed by atoms with van der Waals surface area (Å²) in [5.41, 5.74) is 0. The number of fused-ring (bicyclic) bond motifs is 3. The van der Waals surface area contributed by atoms with Gasteiger partial charge in [0.25, 0.3) is 0 Å². The topological polar surface area (TPSA) is 63.7 Å². The van der Waals surface area contributed by atoms with Crippen LogP contribution in [0.25, 0.3) is 0 Å². The molecule has 0 spiro atoms. The quantitative estimate of drug-likeness (QED) is 0.828. The van der Waals surface area contributed by atoms with Gasteiger partial charge in [-0.05, 0) is 26.0 Å². The zero-order valence-corrected chi connectivity index (χ0v) is 15.4. The molecule has 0 aliphatic carbocycles. The van der Waals surface area contributed by atoms with Crippen molar-refractivity contribution in [1.29, 1.82) is 0 Å². The van der Waals surface area contributed by atoms with E-state index in [1.165, 1.54) is 0 Å². The van der Waals surface area contributed by atoms with E-state index in [0.717, 1.165) is 37.0 Å². The van der Waals surface area contributed by atoms with Gasteiger partial charge in [-0.1, -0.05) is 0 Å². The molecule has 4 rings (SSSR count). The van der Waals surface area contributed by atoms with Crippen molar-refractivity contribution in [1.82, 2.24) is 19.4 Å². The van der Waals surface area contributed by atoms with Gasteiger partial charge < -0.3 is 18.6 Å². The number of imidazole rings is 1. The third-order valence-electron chi connectivity index (χ3n) is 5.32. The minimum Gasteiger partial charge on any atom is -0.465 e. The van der Waals surface area contributed by atoms with Crippen LogP contribution >= 0.6 is 0 Å². The summed E-state index contributed by atoms with van der Waals surface area (Å²) in [6.45, 7) is 8.74. The molecule has 7 heteroatoms. The van der Waals surface area contributed by atoms with Gasteiger partial charge in [0.15, 0.2) is 0 Å². The van der Waals surface area contributed by atoms with Gasteiger partial charge in [-0.15, -0.1) is 0 Å². The van der Waals surface area contributed by atoms with Crippen molar-refractivity contribution >= 4 is 5.91 Å². The van der Waals surface area contributed by atoms with Crippen LogP contribution in [0.5, 0.6) is 0 Å². The third kappa shape index (κ3) is 3.68. The first-order chi connectivity index (χ1) is 12.6. The molecule has 4 heterocycles. The van der Waals surface area contributed by atoms with Crippen molar-refractivity contribution < 1.29 is 13.9 Å². The molecule has 1 amide bonds. The summed E-state index contributed by atoms with van der Waals surface area (Å²) >= 11 is 0. The number of aromatic nitrogens is 2. The number of carbonyl (C=O) groups is 1. The van der Waals surface area contributed by atoms with Crippen LogP contribution in [-0.2, 0) is 22.6 Å². The molecule has 7 nitrogen and oxygen atoms in total. The van der Waals surface area contributed by atoms with Crippen LogP contribution in [0.1, 0.15) is 17.3 Å². The summed E-state index contributed by atoms with van der Waals surface area (Å²) < 4.78 is 13.5. The standard InChI is InChI=1S/C19H26N4O3/c1-14-3-4-18(26-14)10-22-7-16-8-23(9-17(22)13-25-12-16)19(24)11-21-6-5-20-15(21)2/h3-6,16-17H,7-13H2,1-2H3/t16-,17+/m1/s1. The average molecular weight is 358 g/mol. The van der Waals surface area contributed by atoms with Crippen LogP contribution in [0, 0.1) is 19.8 Å². The Hall–Kier alpha value is -2.12. The van der Waals surface area contributed by atoms with Crippen molar-refractivity contribution in [2.45, 2.75) is 33.0 Å². The Kier molecular flexibility index (Phi) is 4.82. The van der Waals surface area contributed by atoms with Gasteiger partial charge in [0.05, 0.1) is 25.8 Å². The van der Waals surface area contributed by atoms with Crippen LogP contribution in [-0.4, -0.2) is 64.1 Å². The molecule has 2 fully saturated rings. The zero-order chi connectivity index (χ0) is 18.1. The van der Waals surface area contributed by atoms with Crippen LogP contribution in [0.4, 0.5) is 0 Å². The fourth-order valence-corrected chi connectivity index (χ4v) is 3.91. The Balaban J connectivity index is 1.47. The number of rotatable bonds is 4. The highest BCUT2D eigenvalue weighted by molar-refractivity contribution is 5.76. The van der Waals surface area contributed by atoms with Crippen molar-refractivity contribution in [3.8, 4) is 0 Å². The van der Waals surface area contributed by atoms with E-state index in [0.29, 0.717) is 32.2 Å². The number of aryl methyl sites for hydroxylation is 2. The predicted molar refractivity (Wildman–Crippen MR) is 95.5 cm³/mol. The van der Waals surface area contributed by atoms with Crippen LogP contribution in [0.15, 0.2) is 28.9 Å². The number of hydrogen-bond donors (Lipinski definition) is 0. The highest BCUT2D eigenvalue weighted by Crippen LogP contribution is 2.22. The largest absolute Gasteiger partial charge is 0.465 e. The summed E-state index contributed by atoms with van der Waals surface area (Å²) in [6, 6.07) is 4.23. The van der Waals surface area contributed by atoms with Gasteiger partial charge in [-0.25, -0.2) is 4.98 Å². The van der Waals surface area contributed by atoms with Gasteiger partial charge in [-0.2, -0.15) is 0 Å². The Morgan fingerprint density at radius 2 is 2.12 bits per heavy atom. The highest BCUT2D eigenvalue weighted by Gasteiger charge is 2.35. The molecule has 2 aromatic heterocycles. The number of amides is 1.